The lowest BCUT2D eigenvalue weighted by Crippen LogP contribution is -2.17. The maximum absolute atomic E-state index is 11.8. The number of aliphatic hydroxyl groups is 1. The number of nitrogens with one attached hydrogen (secondary N) is 1. The van der Waals surface area contributed by atoms with Gasteiger partial charge in [0.15, 0.2) is 0 Å². The second-order valence-corrected chi connectivity index (χ2v) is 8.97. The van der Waals surface area contributed by atoms with Crippen LogP contribution in [0.1, 0.15) is 55.0 Å². The van der Waals surface area contributed by atoms with E-state index in [2.05, 4.69) is 20.6 Å². The van der Waals surface area contributed by atoms with Crippen LogP contribution in [0.15, 0.2) is 43.0 Å². The summed E-state index contributed by atoms with van der Waals surface area (Å²) in [5, 5.41) is 22.4. The van der Waals surface area contributed by atoms with Crippen molar-refractivity contribution in [2.45, 2.75) is 38.7 Å². The summed E-state index contributed by atoms with van der Waals surface area (Å²) in [5.74, 6) is 0.411. The smallest absolute Gasteiger partial charge is 0.226 e. The third-order valence-electron chi connectivity index (χ3n) is 5.25. The minimum absolute atomic E-state index is 0.0260. The van der Waals surface area contributed by atoms with Gasteiger partial charge in [0.25, 0.3) is 0 Å². The van der Waals surface area contributed by atoms with Crippen molar-refractivity contribution in [3.8, 4) is 5.69 Å². The molecular formula is C21H22N6O2S. The summed E-state index contributed by atoms with van der Waals surface area (Å²) in [6.07, 6.45) is 6.74. The lowest BCUT2D eigenvalue weighted by molar-refractivity contribution is -0.118. The van der Waals surface area contributed by atoms with Crippen LogP contribution in [0.3, 0.4) is 0 Å². The number of benzene rings is 1. The molecule has 1 saturated carbocycles. The van der Waals surface area contributed by atoms with Crippen LogP contribution in [0.4, 0.5) is 5.69 Å². The van der Waals surface area contributed by atoms with Gasteiger partial charge in [-0.3, -0.25) is 9.20 Å². The lowest BCUT2D eigenvalue weighted by atomic mass is 10.1. The minimum atomic E-state index is -0.873. The Balaban J connectivity index is 1.40. The first-order valence-corrected chi connectivity index (χ1v) is 10.8. The van der Waals surface area contributed by atoms with Crippen LogP contribution in [0, 0.1) is 5.92 Å². The maximum atomic E-state index is 11.8. The maximum Gasteiger partial charge on any atom is 0.226 e. The highest BCUT2D eigenvalue weighted by molar-refractivity contribution is 7.17. The highest BCUT2D eigenvalue weighted by Gasteiger charge is 2.33. The van der Waals surface area contributed by atoms with Crippen LogP contribution in [0.5, 0.6) is 0 Å². The summed E-state index contributed by atoms with van der Waals surface area (Å²) < 4.78 is 3.58. The van der Waals surface area contributed by atoms with E-state index >= 15 is 0 Å². The van der Waals surface area contributed by atoms with Crippen LogP contribution in [0.2, 0.25) is 0 Å². The van der Waals surface area contributed by atoms with Gasteiger partial charge in [0.05, 0.1) is 23.8 Å². The number of hydrogen-bond acceptors (Lipinski definition) is 6. The van der Waals surface area contributed by atoms with Gasteiger partial charge >= 0.3 is 0 Å². The van der Waals surface area contributed by atoms with Crippen molar-refractivity contribution in [3.63, 3.8) is 0 Å². The Labute approximate surface area is 177 Å². The zero-order valence-electron chi connectivity index (χ0n) is 16.7. The molecule has 1 aliphatic rings. The fourth-order valence-corrected chi connectivity index (χ4v) is 4.68. The molecule has 1 aromatic carbocycles. The Bertz CT molecular complexity index is 1200. The molecule has 0 radical (unpaired) electrons. The first kappa shape index (κ1) is 19.0. The molecule has 30 heavy (non-hydrogen) atoms. The molecule has 0 saturated heterocycles. The number of nitrogens with zero attached hydrogens (tertiary/aromatic N) is 5. The van der Waals surface area contributed by atoms with Crippen molar-refractivity contribution in [1.29, 1.82) is 0 Å². The van der Waals surface area contributed by atoms with Crippen molar-refractivity contribution in [2.24, 2.45) is 5.92 Å². The van der Waals surface area contributed by atoms with E-state index in [0.717, 1.165) is 34.7 Å². The van der Waals surface area contributed by atoms with E-state index in [1.54, 1.807) is 28.5 Å². The normalized spacial score (nSPS) is 15.1. The molecule has 0 unspecified atom stereocenters. The Morgan fingerprint density at radius 2 is 2.03 bits per heavy atom. The molecule has 2 N–H and O–H groups in total. The van der Waals surface area contributed by atoms with E-state index < -0.39 is 6.10 Å². The van der Waals surface area contributed by atoms with Crippen LogP contribution in [-0.4, -0.2) is 35.4 Å². The monoisotopic (exact) mass is 422 g/mol. The summed E-state index contributed by atoms with van der Waals surface area (Å²) in [7, 11) is 0. The second-order valence-electron chi connectivity index (χ2n) is 7.91. The number of rotatable bonds is 6. The molecule has 1 aliphatic carbocycles. The van der Waals surface area contributed by atoms with Gasteiger partial charge in [-0.05, 0) is 43.0 Å². The van der Waals surface area contributed by atoms with Crippen molar-refractivity contribution in [1.82, 2.24) is 24.4 Å². The number of carbonyl (C=O) groups excluding carboxylic acids is 1. The molecule has 5 rings (SSSR count). The number of carbonyl (C=O) groups is 1. The SMILES string of the molecule is CC(C)C(=O)Nc1ccc(-n2cc([C@H](O)c3c(C4CC4)sc4cncn34)nn2)cc1. The van der Waals surface area contributed by atoms with Gasteiger partial charge in [-0.25, -0.2) is 9.67 Å². The standard InChI is InChI=1S/C21H22N6O2S/c1-12(2)21(29)23-14-5-7-15(8-6-14)27-10-16(24-25-27)19(28)18-20(13-3-4-13)30-17-9-22-11-26(17)18/h5-13,19,28H,3-4H2,1-2H3,(H,23,29)/t19-/m0/s1. The molecule has 1 atom stereocenters. The van der Waals surface area contributed by atoms with Crippen molar-refractivity contribution in [3.05, 3.63) is 59.3 Å². The molecule has 3 aromatic heterocycles. The van der Waals surface area contributed by atoms with Gasteiger partial charge in [0.1, 0.15) is 23.0 Å². The van der Waals surface area contributed by atoms with Crippen LogP contribution in [0.25, 0.3) is 10.5 Å². The van der Waals surface area contributed by atoms with Gasteiger partial charge in [-0.15, -0.1) is 16.4 Å². The third-order valence-corrected chi connectivity index (χ3v) is 6.53. The van der Waals surface area contributed by atoms with Crippen LogP contribution < -0.4 is 5.32 Å². The number of amides is 1. The zero-order chi connectivity index (χ0) is 20.8. The first-order valence-electron chi connectivity index (χ1n) is 9.97. The molecule has 0 bridgehead atoms. The molecule has 9 heteroatoms. The molecule has 8 nitrogen and oxygen atoms in total. The van der Waals surface area contributed by atoms with Crippen LogP contribution in [-0.2, 0) is 4.79 Å². The Kier molecular flexibility index (Phi) is 4.63. The predicted molar refractivity (Wildman–Crippen MR) is 114 cm³/mol. The van der Waals surface area contributed by atoms with Crippen LogP contribution >= 0.6 is 11.3 Å². The van der Waals surface area contributed by atoms with Crippen molar-refractivity contribution >= 4 is 27.8 Å². The number of fused-ring (bicyclic) bond motifs is 1. The molecule has 1 amide bonds. The van der Waals surface area contributed by atoms with E-state index in [0.29, 0.717) is 11.6 Å². The second kappa shape index (κ2) is 7.33. The average Bonchev–Trinajstić information content (AvgIpc) is 3.14. The summed E-state index contributed by atoms with van der Waals surface area (Å²) in [6.45, 7) is 3.71. The highest BCUT2D eigenvalue weighted by atomic mass is 32.1. The summed E-state index contributed by atoms with van der Waals surface area (Å²) in [4.78, 5) is 18.3. The summed E-state index contributed by atoms with van der Waals surface area (Å²) in [5.41, 5.74) is 2.85. The molecule has 0 spiro atoms. The number of aliphatic hydroxyl groups excluding tert-OH is 1. The average molecular weight is 423 g/mol. The third kappa shape index (κ3) is 3.40. The predicted octanol–water partition coefficient (Wildman–Crippen LogP) is 3.53. The number of imidazole rings is 1. The molecular weight excluding hydrogens is 400 g/mol. The Morgan fingerprint density at radius 3 is 2.73 bits per heavy atom. The molecule has 4 aromatic rings. The summed E-state index contributed by atoms with van der Waals surface area (Å²) in [6, 6.07) is 7.36. The van der Waals surface area contributed by atoms with Gasteiger partial charge in [0, 0.05) is 16.5 Å². The molecule has 0 aliphatic heterocycles. The van der Waals surface area contributed by atoms with E-state index in [1.807, 2.05) is 48.7 Å². The van der Waals surface area contributed by atoms with Crippen molar-refractivity contribution in [2.75, 3.05) is 5.32 Å². The lowest BCUT2D eigenvalue weighted by Gasteiger charge is -2.09. The Morgan fingerprint density at radius 1 is 1.27 bits per heavy atom. The zero-order valence-corrected chi connectivity index (χ0v) is 17.5. The van der Waals surface area contributed by atoms with Gasteiger partial charge in [-0.2, -0.15) is 0 Å². The molecule has 154 valence electrons. The van der Waals surface area contributed by atoms with E-state index in [4.69, 9.17) is 0 Å². The van der Waals surface area contributed by atoms with E-state index in [1.165, 1.54) is 4.88 Å². The largest absolute Gasteiger partial charge is 0.380 e. The number of aromatic nitrogens is 5. The topological polar surface area (TPSA) is 97.3 Å². The van der Waals surface area contributed by atoms with Gasteiger partial charge in [0.2, 0.25) is 5.91 Å². The fourth-order valence-electron chi connectivity index (χ4n) is 3.38. The number of thiazole rings is 1. The highest BCUT2D eigenvalue weighted by Crippen LogP contribution is 2.47. The van der Waals surface area contributed by atoms with E-state index in [9.17, 15) is 9.90 Å². The fraction of sp³-hybridized carbons (Fsp3) is 0.333. The van der Waals surface area contributed by atoms with E-state index in [-0.39, 0.29) is 11.8 Å². The summed E-state index contributed by atoms with van der Waals surface area (Å²) >= 11 is 1.69. The minimum Gasteiger partial charge on any atom is -0.380 e. The molecule has 3 heterocycles. The van der Waals surface area contributed by atoms with Gasteiger partial charge in [-0.1, -0.05) is 19.1 Å². The number of hydrogen-bond donors (Lipinski definition) is 2. The molecule has 1 fully saturated rings. The Hall–Kier alpha value is -3.04. The van der Waals surface area contributed by atoms with Crippen molar-refractivity contribution < 1.29 is 9.90 Å². The quantitative estimate of drug-likeness (QED) is 0.495. The first-order chi connectivity index (χ1) is 14.5. The van der Waals surface area contributed by atoms with Gasteiger partial charge < -0.3 is 10.4 Å². The number of anilines is 1.